The van der Waals surface area contributed by atoms with Crippen LogP contribution in [0.4, 0.5) is 0 Å². The second kappa shape index (κ2) is 10.1. The van der Waals surface area contributed by atoms with Crippen LogP contribution in [0.2, 0.25) is 0 Å². The number of amides is 2. The average Bonchev–Trinajstić information content (AvgIpc) is 3.55. The molecule has 4 N–H and O–H groups in total. The van der Waals surface area contributed by atoms with E-state index in [-0.39, 0.29) is 35.6 Å². The van der Waals surface area contributed by atoms with Gasteiger partial charge in [-0.1, -0.05) is 42.8 Å². The average molecular weight is 526 g/mol. The number of likely N-dealkylation sites (tertiary alicyclic amines) is 1. The lowest BCUT2D eigenvalue weighted by Crippen LogP contribution is -2.49. The number of aliphatic hydroxyl groups is 1. The lowest BCUT2D eigenvalue weighted by Gasteiger charge is -2.29. The minimum Gasteiger partial charge on any atom is -0.389 e. The first-order valence-corrected chi connectivity index (χ1v) is 14.2. The molecule has 0 bridgehead atoms. The predicted octanol–water partition coefficient (Wildman–Crippen LogP) is 2.58. The third-order valence-electron chi connectivity index (χ3n) is 7.73. The van der Waals surface area contributed by atoms with Gasteiger partial charge in [-0.3, -0.25) is 14.2 Å². The third kappa shape index (κ3) is 5.09. The molecule has 2 fully saturated rings. The van der Waals surface area contributed by atoms with Crippen molar-refractivity contribution in [3.63, 3.8) is 0 Å². The van der Waals surface area contributed by atoms with Crippen molar-refractivity contribution in [1.29, 1.82) is 0 Å². The Bertz CT molecular complexity index is 1370. The molecule has 2 amide bonds. The maximum atomic E-state index is 13.8. The molecule has 10 heteroatoms. The first kappa shape index (κ1) is 25.7. The summed E-state index contributed by atoms with van der Waals surface area (Å²) in [6.07, 6.45) is 4.31. The van der Waals surface area contributed by atoms with E-state index >= 15 is 0 Å². The van der Waals surface area contributed by atoms with Crippen molar-refractivity contribution < 1.29 is 29.0 Å². The SMILES string of the molecule is CC(O)c1cn(CC(=O)N2[C@@H]3CCC[C@@H]3C[C@H]2C(=O)NCc2ccccc2)c2cc(P(=O)(O)O)ccc12. The predicted molar refractivity (Wildman–Crippen MR) is 139 cm³/mol. The molecule has 2 aromatic carbocycles. The summed E-state index contributed by atoms with van der Waals surface area (Å²) in [6.45, 7) is 1.90. The number of fused-ring (bicyclic) bond motifs is 2. The molecule has 196 valence electrons. The number of hydrogen-bond acceptors (Lipinski definition) is 4. The van der Waals surface area contributed by atoms with Gasteiger partial charge in [0, 0.05) is 35.2 Å². The Kier molecular flexibility index (Phi) is 6.98. The quantitative estimate of drug-likeness (QED) is 0.351. The Morgan fingerprint density at radius 2 is 1.89 bits per heavy atom. The summed E-state index contributed by atoms with van der Waals surface area (Å²) in [5, 5.41) is 13.7. The number of hydrogen-bond donors (Lipinski definition) is 4. The topological polar surface area (TPSA) is 132 Å². The van der Waals surface area contributed by atoms with E-state index in [1.54, 1.807) is 28.7 Å². The van der Waals surface area contributed by atoms with E-state index in [9.17, 15) is 29.0 Å². The molecule has 2 aliphatic rings. The first-order chi connectivity index (χ1) is 17.6. The van der Waals surface area contributed by atoms with Crippen LogP contribution in [0.15, 0.2) is 54.7 Å². The molecule has 2 heterocycles. The summed E-state index contributed by atoms with van der Waals surface area (Å²) < 4.78 is 13.5. The van der Waals surface area contributed by atoms with Gasteiger partial charge in [0.05, 0.1) is 11.4 Å². The minimum atomic E-state index is -4.51. The summed E-state index contributed by atoms with van der Waals surface area (Å²) in [6, 6.07) is 13.4. The number of nitrogens with zero attached hydrogens (tertiary/aromatic N) is 2. The van der Waals surface area contributed by atoms with Gasteiger partial charge in [-0.2, -0.15) is 0 Å². The van der Waals surface area contributed by atoms with Crippen molar-refractivity contribution in [3.05, 3.63) is 65.9 Å². The van der Waals surface area contributed by atoms with Gasteiger partial charge < -0.3 is 29.7 Å². The van der Waals surface area contributed by atoms with E-state index < -0.39 is 19.7 Å². The molecule has 0 radical (unpaired) electrons. The fourth-order valence-corrected chi connectivity index (χ4v) is 6.53. The van der Waals surface area contributed by atoms with Crippen molar-refractivity contribution in [1.82, 2.24) is 14.8 Å². The Labute approximate surface area is 215 Å². The summed E-state index contributed by atoms with van der Waals surface area (Å²) >= 11 is 0. The third-order valence-corrected chi connectivity index (χ3v) is 8.68. The van der Waals surface area contributed by atoms with Crippen molar-refractivity contribution in [2.45, 2.75) is 63.9 Å². The number of aromatic nitrogens is 1. The Morgan fingerprint density at radius 1 is 1.14 bits per heavy atom. The lowest BCUT2D eigenvalue weighted by atomic mass is 10.0. The van der Waals surface area contributed by atoms with E-state index in [4.69, 9.17) is 0 Å². The summed E-state index contributed by atoms with van der Waals surface area (Å²) in [5.74, 6) is -0.102. The molecule has 3 aromatic rings. The van der Waals surface area contributed by atoms with Crippen molar-refractivity contribution in [3.8, 4) is 0 Å². The Hall–Kier alpha value is -2.97. The van der Waals surface area contributed by atoms with Gasteiger partial charge in [-0.25, -0.2) is 0 Å². The molecule has 1 aliphatic heterocycles. The van der Waals surface area contributed by atoms with Gasteiger partial charge in [-0.05, 0) is 49.8 Å². The standard InChI is InChI=1S/C27H32N3O6P/c1-17(31)22-15-29(24-13-20(37(34,35)36)10-11-21(22)24)16-26(32)30-23-9-5-8-19(23)12-25(30)27(33)28-14-18-6-3-2-4-7-18/h2-4,6-7,10-11,13,15,17,19,23,25,31H,5,8-9,12,14,16H2,1H3,(H,28,33)(H2,34,35,36)/t17?,19-,23-,25+/m1/s1. The fourth-order valence-electron chi connectivity index (χ4n) is 5.97. The zero-order chi connectivity index (χ0) is 26.3. The largest absolute Gasteiger partial charge is 0.389 e. The van der Waals surface area contributed by atoms with Crippen LogP contribution < -0.4 is 10.6 Å². The number of benzene rings is 2. The number of carbonyl (C=O) groups excluding carboxylic acids is 2. The summed E-state index contributed by atoms with van der Waals surface area (Å²) in [4.78, 5) is 48.1. The summed E-state index contributed by atoms with van der Waals surface area (Å²) in [7, 11) is -4.51. The van der Waals surface area contributed by atoms with Crippen molar-refractivity contribution in [2.24, 2.45) is 5.92 Å². The van der Waals surface area contributed by atoms with Gasteiger partial charge in [0.2, 0.25) is 11.8 Å². The summed E-state index contributed by atoms with van der Waals surface area (Å²) in [5.41, 5.74) is 2.01. The number of aliphatic hydroxyl groups excluding tert-OH is 1. The van der Waals surface area contributed by atoms with E-state index in [0.717, 1.165) is 24.8 Å². The maximum absolute atomic E-state index is 13.8. The van der Waals surface area contributed by atoms with Crippen LogP contribution >= 0.6 is 7.60 Å². The van der Waals surface area contributed by atoms with Crippen LogP contribution in [0, 0.1) is 5.92 Å². The van der Waals surface area contributed by atoms with Crippen LogP contribution in [-0.4, -0.2) is 48.3 Å². The number of carbonyl (C=O) groups is 2. The highest BCUT2D eigenvalue weighted by Crippen LogP contribution is 2.42. The molecule has 1 saturated heterocycles. The van der Waals surface area contributed by atoms with E-state index in [0.29, 0.717) is 29.4 Å². The first-order valence-electron chi connectivity index (χ1n) is 12.6. The molecule has 4 atom stereocenters. The molecule has 0 spiro atoms. The van der Waals surface area contributed by atoms with E-state index in [1.807, 2.05) is 30.3 Å². The minimum absolute atomic E-state index is 0.00343. The highest BCUT2D eigenvalue weighted by Gasteiger charge is 2.48. The normalized spacial score (nSPS) is 22.3. The van der Waals surface area contributed by atoms with Crippen LogP contribution in [-0.2, 0) is 27.2 Å². The molecule has 1 saturated carbocycles. The Balaban J connectivity index is 1.42. The van der Waals surface area contributed by atoms with Gasteiger partial charge in [0.1, 0.15) is 12.6 Å². The number of rotatable bonds is 7. The monoisotopic (exact) mass is 525 g/mol. The smallest absolute Gasteiger partial charge is 0.356 e. The Morgan fingerprint density at radius 3 is 2.59 bits per heavy atom. The molecule has 1 aromatic heterocycles. The van der Waals surface area contributed by atoms with Crippen molar-refractivity contribution >= 4 is 35.6 Å². The molecule has 9 nitrogen and oxygen atoms in total. The number of nitrogens with one attached hydrogen (secondary N) is 1. The molecule has 5 rings (SSSR count). The molecular weight excluding hydrogens is 493 g/mol. The van der Waals surface area contributed by atoms with Crippen LogP contribution in [0.5, 0.6) is 0 Å². The van der Waals surface area contributed by atoms with Crippen LogP contribution in [0.25, 0.3) is 10.9 Å². The van der Waals surface area contributed by atoms with Crippen LogP contribution in [0.1, 0.15) is 49.8 Å². The second-order valence-electron chi connectivity index (χ2n) is 10.1. The molecule has 1 aliphatic carbocycles. The lowest BCUT2D eigenvalue weighted by molar-refractivity contribution is -0.141. The second-order valence-corrected chi connectivity index (χ2v) is 11.8. The van der Waals surface area contributed by atoms with Crippen LogP contribution in [0.3, 0.4) is 0 Å². The van der Waals surface area contributed by atoms with Crippen molar-refractivity contribution in [2.75, 3.05) is 0 Å². The molecular formula is C27H32N3O6P. The highest BCUT2D eigenvalue weighted by atomic mass is 31.2. The zero-order valence-electron chi connectivity index (χ0n) is 20.7. The van der Waals surface area contributed by atoms with Gasteiger partial charge >= 0.3 is 7.60 Å². The highest BCUT2D eigenvalue weighted by molar-refractivity contribution is 7.60. The maximum Gasteiger partial charge on any atom is 0.356 e. The van der Waals surface area contributed by atoms with Gasteiger partial charge in [-0.15, -0.1) is 0 Å². The molecule has 37 heavy (non-hydrogen) atoms. The van der Waals surface area contributed by atoms with E-state index in [1.165, 1.54) is 12.1 Å². The zero-order valence-corrected chi connectivity index (χ0v) is 21.6. The van der Waals surface area contributed by atoms with Gasteiger partial charge in [0.15, 0.2) is 0 Å². The fraction of sp³-hybridized carbons (Fsp3) is 0.407. The van der Waals surface area contributed by atoms with E-state index in [2.05, 4.69) is 5.32 Å². The molecule has 1 unspecified atom stereocenters. The van der Waals surface area contributed by atoms with Gasteiger partial charge in [0.25, 0.3) is 0 Å².